The number of hydrogen-bond acceptors (Lipinski definition) is 4. The SMILES string of the molecule is Cc1ccccc1NC(=O)CCS(=O)(=O)c1ccc(OC(C)C)cc1. The lowest BCUT2D eigenvalue weighted by atomic mass is 10.2. The summed E-state index contributed by atoms with van der Waals surface area (Å²) >= 11 is 0. The smallest absolute Gasteiger partial charge is 0.225 e. The highest BCUT2D eigenvalue weighted by Gasteiger charge is 2.17. The molecule has 0 heterocycles. The maximum absolute atomic E-state index is 12.4. The molecule has 0 aliphatic heterocycles. The minimum Gasteiger partial charge on any atom is -0.491 e. The van der Waals surface area contributed by atoms with Crippen LogP contribution in [-0.2, 0) is 14.6 Å². The van der Waals surface area contributed by atoms with Gasteiger partial charge in [0.25, 0.3) is 0 Å². The number of ether oxygens (including phenoxy) is 1. The minimum atomic E-state index is -3.52. The molecule has 0 bridgehead atoms. The zero-order valence-electron chi connectivity index (χ0n) is 14.7. The molecule has 0 saturated heterocycles. The molecule has 6 heteroatoms. The van der Waals surface area contributed by atoms with E-state index in [4.69, 9.17) is 4.74 Å². The minimum absolute atomic E-state index is 0.0209. The van der Waals surface area contributed by atoms with Crippen molar-refractivity contribution < 1.29 is 17.9 Å². The first-order chi connectivity index (χ1) is 11.8. The number of amides is 1. The molecular formula is C19H23NO4S. The number of rotatable bonds is 7. The summed E-state index contributed by atoms with van der Waals surface area (Å²) in [5.41, 5.74) is 1.62. The summed E-state index contributed by atoms with van der Waals surface area (Å²) < 4.78 is 30.2. The van der Waals surface area contributed by atoms with Crippen molar-refractivity contribution in [2.45, 2.75) is 38.2 Å². The second-order valence-electron chi connectivity index (χ2n) is 6.07. The van der Waals surface area contributed by atoms with Crippen LogP contribution in [0.25, 0.3) is 0 Å². The van der Waals surface area contributed by atoms with Gasteiger partial charge in [0.2, 0.25) is 5.91 Å². The zero-order valence-corrected chi connectivity index (χ0v) is 15.5. The molecule has 0 aromatic heterocycles. The summed E-state index contributed by atoms with van der Waals surface area (Å²) in [6.07, 6.45) is -0.0754. The number of para-hydroxylation sites is 1. The van der Waals surface area contributed by atoms with E-state index in [1.165, 1.54) is 12.1 Å². The second kappa shape index (κ2) is 8.16. The average molecular weight is 361 g/mol. The van der Waals surface area contributed by atoms with Crippen molar-refractivity contribution in [2.24, 2.45) is 0 Å². The Morgan fingerprint density at radius 3 is 2.32 bits per heavy atom. The number of anilines is 1. The van der Waals surface area contributed by atoms with Crippen molar-refractivity contribution in [3.8, 4) is 5.75 Å². The molecule has 0 saturated carbocycles. The van der Waals surface area contributed by atoms with E-state index in [1.54, 1.807) is 18.2 Å². The van der Waals surface area contributed by atoms with Gasteiger partial charge >= 0.3 is 0 Å². The molecule has 0 atom stereocenters. The van der Waals surface area contributed by atoms with Gasteiger partial charge in [-0.25, -0.2) is 8.42 Å². The van der Waals surface area contributed by atoms with Crippen LogP contribution in [0.2, 0.25) is 0 Å². The van der Waals surface area contributed by atoms with E-state index in [2.05, 4.69) is 5.32 Å². The summed E-state index contributed by atoms with van der Waals surface area (Å²) in [5.74, 6) is 0.0543. The maximum atomic E-state index is 12.4. The third-order valence-corrected chi connectivity index (χ3v) is 5.30. The summed E-state index contributed by atoms with van der Waals surface area (Å²) in [6.45, 7) is 5.68. The van der Waals surface area contributed by atoms with Crippen molar-refractivity contribution in [2.75, 3.05) is 11.1 Å². The first kappa shape index (κ1) is 19.0. The molecule has 0 fully saturated rings. The van der Waals surface area contributed by atoms with Crippen LogP contribution in [-0.4, -0.2) is 26.2 Å². The Balaban J connectivity index is 1.96. The van der Waals surface area contributed by atoms with E-state index in [9.17, 15) is 13.2 Å². The molecule has 5 nitrogen and oxygen atoms in total. The van der Waals surface area contributed by atoms with E-state index in [-0.39, 0.29) is 29.1 Å². The Bertz CT molecular complexity index is 827. The van der Waals surface area contributed by atoms with Gasteiger partial charge < -0.3 is 10.1 Å². The number of carbonyl (C=O) groups is 1. The molecule has 2 aromatic carbocycles. The summed E-state index contributed by atoms with van der Waals surface area (Å²) in [7, 11) is -3.52. The van der Waals surface area contributed by atoms with Crippen LogP contribution in [0.5, 0.6) is 5.75 Å². The van der Waals surface area contributed by atoms with E-state index in [1.807, 2.05) is 39.0 Å². The molecule has 0 aliphatic carbocycles. The van der Waals surface area contributed by atoms with Crippen LogP contribution >= 0.6 is 0 Å². The van der Waals surface area contributed by atoms with Gasteiger partial charge in [-0.05, 0) is 56.7 Å². The van der Waals surface area contributed by atoms with Crippen LogP contribution in [0.1, 0.15) is 25.8 Å². The number of benzene rings is 2. The van der Waals surface area contributed by atoms with Gasteiger partial charge in [-0.1, -0.05) is 18.2 Å². The quantitative estimate of drug-likeness (QED) is 0.818. The largest absolute Gasteiger partial charge is 0.491 e. The number of sulfone groups is 1. The fraction of sp³-hybridized carbons (Fsp3) is 0.316. The van der Waals surface area contributed by atoms with Crippen molar-refractivity contribution in [3.05, 3.63) is 54.1 Å². The van der Waals surface area contributed by atoms with E-state index in [0.29, 0.717) is 11.4 Å². The van der Waals surface area contributed by atoms with Gasteiger partial charge in [0, 0.05) is 12.1 Å². The molecule has 134 valence electrons. The Kier molecular flexibility index (Phi) is 6.20. The third kappa shape index (κ3) is 5.60. The second-order valence-corrected chi connectivity index (χ2v) is 8.18. The molecule has 2 rings (SSSR count). The van der Waals surface area contributed by atoms with Crippen LogP contribution < -0.4 is 10.1 Å². The highest BCUT2D eigenvalue weighted by atomic mass is 32.2. The standard InChI is InChI=1S/C19H23NO4S/c1-14(2)24-16-8-10-17(11-9-16)25(22,23)13-12-19(21)20-18-7-5-4-6-15(18)3/h4-11,14H,12-13H2,1-3H3,(H,20,21). The molecular weight excluding hydrogens is 338 g/mol. The molecule has 2 aromatic rings. The molecule has 0 spiro atoms. The molecule has 0 aliphatic rings. The molecule has 1 amide bonds. The van der Waals surface area contributed by atoms with Crippen molar-refractivity contribution in [3.63, 3.8) is 0 Å². The Labute approximate surface area is 148 Å². The lowest BCUT2D eigenvalue weighted by molar-refractivity contribution is -0.115. The fourth-order valence-electron chi connectivity index (χ4n) is 2.27. The number of hydrogen-bond donors (Lipinski definition) is 1. The van der Waals surface area contributed by atoms with Crippen molar-refractivity contribution in [1.82, 2.24) is 0 Å². The predicted octanol–water partition coefficient (Wildman–Crippen LogP) is 3.58. The fourth-order valence-corrected chi connectivity index (χ4v) is 3.51. The third-order valence-electron chi connectivity index (χ3n) is 3.57. The average Bonchev–Trinajstić information content (AvgIpc) is 2.55. The normalized spacial score (nSPS) is 11.4. The van der Waals surface area contributed by atoms with Crippen molar-refractivity contribution >= 4 is 21.4 Å². The predicted molar refractivity (Wildman–Crippen MR) is 98.7 cm³/mol. The summed E-state index contributed by atoms with van der Waals surface area (Å²) in [5, 5.41) is 2.74. The molecule has 0 radical (unpaired) electrons. The van der Waals surface area contributed by atoms with Crippen LogP contribution in [0.15, 0.2) is 53.4 Å². The van der Waals surface area contributed by atoms with E-state index < -0.39 is 9.84 Å². The van der Waals surface area contributed by atoms with Gasteiger partial charge in [0.1, 0.15) is 5.75 Å². The van der Waals surface area contributed by atoms with Crippen molar-refractivity contribution in [1.29, 1.82) is 0 Å². The highest BCUT2D eigenvalue weighted by Crippen LogP contribution is 2.19. The lowest BCUT2D eigenvalue weighted by Gasteiger charge is -2.11. The first-order valence-electron chi connectivity index (χ1n) is 8.13. The van der Waals surface area contributed by atoms with Crippen LogP contribution in [0.4, 0.5) is 5.69 Å². The number of aryl methyl sites for hydroxylation is 1. The van der Waals surface area contributed by atoms with E-state index in [0.717, 1.165) is 5.56 Å². The van der Waals surface area contributed by atoms with Crippen LogP contribution in [0.3, 0.4) is 0 Å². The zero-order chi connectivity index (χ0) is 18.4. The van der Waals surface area contributed by atoms with Gasteiger partial charge in [0.15, 0.2) is 9.84 Å². The van der Waals surface area contributed by atoms with Gasteiger partial charge in [-0.3, -0.25) is 4.79 Å². The molecule has 1 N–H and O–H groups in total. The Hall–Kier alpha value is -2.34. The van der Waals surface area contributed by atoms with Gasteiger partial charge in [-0.15, -0.1) is 0 Å². The lowest BCUT2D eigenvalue weighted by Crippen LogP contribution is -2.18. The molecule has 25 heavy (non-hydrogen) atoms. The number of carbonyl (C=O) groups excluding carboxylic acids is 1. The molecule has 0 unspecified atom stereocenters. The Morgan fingerprint density at radius 2 is 1.72 bits per heavy atom. The van der Waals surface area contributed by atoms with Gasteiger partial charge in [-0.2, -0.15) is 0 Å². The summed E-state index contributed by atoms with van der Waals surface area (Å²) in [6, 6.07) is 13.6. The first-order valence-corrected chi connectivity index (χ1v) is 9.78. The van der Waals surface area contributed by atoms with E-state index >= 15 is 0 Å². The Morgan fingerprint density at radius 1 is 1.08 bits per heavy atom. The van der Waals surface area contributed by atoms with Crippen LogP contribution in [0, 0.1) is 6.92 Å². The van der Waals surface area contributed by atoms with Gasteiger partial charge in [0.05, 0.1) is 16.8 Å². The monoisotopic (exact) mass is 361 g/mol. The number of nitrogens with one attached hydrogen (secondary N) is 1. The highest BCUT2D eigenvalue weighted by molar-refractivity contribution is 7.91. The topological polar surface area (TPSA) is 72.5 Å². The summed E-state index contributed by atoms with van der Waals surface area (Å²) in [4.78, 5) is 12.2. The maximum Gasteiger partial charge on any atom is 0.225 e.